The number of pyridine rings is 2. The second-order valence-electron chi connectivity index (χ2n) is 14.8. The Morgan fingerprint density at radius 2 is 1.59 bits per heavy atom. The van der Waals surface area contributed by atoms with E-state index in [1.165, 1.54) is 12.7 Å². The lowest BCUT2D eigenvalue weighted by Gasteiger charge is -2.16. The fourth-order valence-corrected chi connectivity index (χ4v) is 8.51. The van der Waals surface area contributed by atoms with Gasteiger partial charge in [0.1, 0.15) is 7.05 Å². The molecule has 2 N–H and O–H groups in total. The van der Waals surface area contributed by atoms with Gasteiger partial charge in [-0.05, 0) is 91.8 Å². The van der Waals surface area contributed by atoms with Crippen LogP contribution >= 0.6 is 0 Å². The molecule has 5 aromatic heterocycles. The van der Waals surface area contributed by atoms with Crippen LogP contribution < -0.4 is 9.13 Å². The highest BCUT2D eigenvalue weighted by atomic mass is 16.5. The third-order valence-electron chi connectivity index (χ3n) is 11.7. The zero-order chi connectivity index (χ0) is 38.0. The van der Waals surface area contributed by atoms with Crippen LogP contribution in [0.2, 0.25) is 0 Å². The summed E-state index contributed by atoms with van der Waals surface area (Å²) in [4.78, 5) is 44.0. The predicted octanol–water partition coefficient (Wildman–Crippen LogP) is 7.69. The standard InChI is InChI=1S/C45H44N6O3/c1-9-31-24(2)34-23-39-42(28(6)51-18-14-30(15-19-51)29-12-16-50(7)17-13-29)26(4)36(47-39)21-35-25(3)32(10-11-41(53)54-8)44(48-35)33-20-40(52)43-27(5)37(49-45(33)43)22-38(31)46-34/h12-19,21-23,25,32H,6,9-11,20H2,1-5,7-8H3/p+2/t25-,32-/m0/s1. The molecule has 54 heavy (non-hydrogen) atoms. The first kappa shape index (κ1) is 35.1. The van der Waals surface area contributed by atoms with Crippen LogP contribution in [0.3, 0.4) is 0 Å². The number of aromatic amines is 2. The van der Waals surface area contributed by atoms with Crippen molar-refractivity contribution in [1.29, 1.82) is 0 Å². The summed E-state index contributed by atoms with van der Waals surface area (Å²) < 4.78 is 9.13. The van der Waals surface area contributed by atoms with Crippen molar-refractivity contribution in [3.63, 3.8) is 0 Å². The number of ketones is 1. The van der Waals surface area contributed by atoms with E-state index in [1.807, 2.05) is 30.9 Å². The number of hydrogen-bond donors (Lipinski definition) is 2. The molecule has 0 spiro atoms. The van der Waals surface area contributed by atoms with Gasteiger partial charge in [-0.2, -0.15) is 4.57 Å². The van der Waals surface area contributed by atoms with Crippen LogP contribution in [0.5, 0.6) is 0 Å². The molecule has 0 unspecified atom stereocenters. The Balaban J connectivity index is 1.38. The number of Topliss-reactive ketones (excluding diaryl/α,β-unsaturated/α-hetero) is 1. The molecule has 1 aliphatic carbocycles. The predicted molar refractivity (Wildman–Crippen MR) is 211 cm³/mol. The van der Waals surface area contributed by atoms with Crippen molar-refractivity contribution >= 4 is 50.7 Å². The first-order valence-electron chi connectivity index (χ1n) is 18.7. The molecule has 3 aliphatic rings. The van der Waals surface area contributed by atoms with Gasteiger partial charge in [-0.25, -0.2) is 9.55 Å². The average molecular weight is 719 g/mol. The van der Waals surface area contributed by atoms with Gasteiger partial charge < -0.3 is 14.7 Å². The molecule has 2 aliphatic heterocycles. The molecule has 8 rings (SSSR count). The highest BCUT2D eigenvalue weighted by Gasteiger charge is 2.39. The number of esters is 1. The number of allylic oxidation sites excluding steroid dienone is 2. The summed E-state index contributed by atoms with van der Waals surface area (Å²) in [6.45, 7) is 15.2. The summed E-state index contributed by atoms with van der Waals surface area (Å²) in [6, 6.07) is 14.9. The largest absolute Gasteiger partial charge is 0.469 e. The van der Waals surface area contributed by atoms with E-state index in [-0.39, 0.29) is 36.4 Å². The Hall–Kier alpha value is -5.96. The Morgan fingerprint density at radius 3 is 2.28 bits per heavy atom. The average Bonchev–Trinajstić information content (AvgIpc) is 3.92. The monoisotopic (exact) mass is 718 g/mol. The van der Waals surface area contributed by atoms with Crippen LogP contribution in [0.15, 0.2) is 73.8 Å². The molecule has 5 aromatic rings. The normalized spacial score (nSPS) is 16.3. The maximum absolute atomic E-state index is 13.7. The fourth-order valence-electron chi connectivity index (χ4n) is 8.51. The number of carbonyl (C=O) groups is 2. The Bertz CT molecular complexity index is 2610. The third-order valence-corrected chi connectivity index (χ3v) is 11.7. The van der Waals surface area contributed by atoms with E-state index in [1.54, 1.807) is 0 Å². The second-order valence-corrected chi connectivity index (χ2v) is 14.8. The van der Waals surface area contributed by atoms with Crippen LogP contribution in [-0.4, -0.2) is 38.8 Å². The lowest BCUT2D eigenvalue weighted by molar-refractivity contribution is -0.671. The first-order valence-corrected chi connectivity index (χ1v) is 18.7. The summed E-state index contributed by atoms with van der Waals surface area (Å²) in [5, 5.41) is 0. The van der Waals surface area contributed by atoms with Crippen LogP contribution in [0.25, 0.3) is 50.0 Å². The Morgan fingerprint density at radius 1 is 0.926 bits per heavy atom. The molecule has 9 heteroatoms. The first-order chi connectivity index (χ1) is 26.0. The van der Waals surface area contributed by atoms with Gasteiger partial charge in [0, 0.05) is 82.3 Å². The highest BCUT2D eigenvalue weighted by Crippen LogP contribution is 2.46. The molecular formula is C45H46N6O3+2. The minimum absolute atomic E-state index is 0.0159. The highest BCUT2D eigenvalue weighted by molar-refractivity contribution is 6.32. The number of ether oxygens (including phenoxy) is 1. The van der Waals surface area contributed by atoms with Gasteiger partial charge >= 0.3 is 5.97 Å². The van der Waals surface area contributed by atoms with Crippen molar-refractivity contribution in [1.82, 2.24) is 19.9 Å². The maximum atomic E-state index is 13.7. The van der Waals surface area contributed by atoms with Crippen molar-refractivity contribution in [3.05, 3.63) is 124 Å². The number of methoxy groups -OCH3 is 1. The number of rotatable bonds is 7. The van der Waals surface area contributed by atoms with E-state index < -0.39 is 0 Å². The molecule has 0 radical (unpaired) electrons. The lowest BCUT2D eigenvalue weighted by atomic mass is 9.85. The molecule has 8 bridgehead atoms. The number of nitrogens with zero attached hydrogens (tertiary/aromatic N) is 4. The van der Waals surface area contributed by atoms with Gasteiger partial charge in [-0.1, -0.05) is 13.8 Å². The summed E-state index contributed by atoms with van der Waals surface area (Å²) in [6.07, 6.45) is 10.1. The van der Waals surface area contributed by atoms with E-state index in [0.717, 1.165) is 95.9 Å². The minimum atomic E-state index is -0.260. The van der Waals surface area contributed by atoms with Crippen molar-refractivity contribution in [2.45, 2.75) is 72.1 Å². The smallest absolute Gasteiger partial charge is 0.305 e. The van der Waals surface area contributed by atoms with Crippen LogP contribution in [-0.2, 0) is 34.2 Å². The van der Waals surface area contributed by atoms with Gasteiger partial charge in [0.05, 0.1) is 35.3 Å². The molecule has 272 valence electrons. The van der Waals surface area contributed by atoms with Gasteiger partial charge in [-0.15, -0.1) is 0 Å². The van der Waals surface area contributed by atoms with Gasteiger partial charge in [0.25, 0.3) is 0 Å². The van der Waals surface area contributed by atoms with E-state index in [4.69, 9.17) is 14.7 Å². The number of hydrogen-bond acceptors (Lipinski definition) is 5. The van der Waals surface area contributed by atoms with Crippen LogP contribution in [0.4, 0.5) is 0 Å². The number of fused-ring (bicyclic) bond motifs is 8. The number of carbonyl (C=O) groups excluding carboxylic acids is 2. The minimum Gasteiger partial charge on any atom is -0.469 e. The van der Waals surface area contributed by atoms with Crippen LogP contribution in [0, 0.1) is 13.8 Å². The van der Waals surface area contributed by atoms with Crippen molar-refractivity contribution in [3.8, 4) is 11.1 Å². The molecular weight excluding hydrogens is 673 g/mol. The maximum Gasteiger partial charge on any atom is 0.305 e. The number of H-pyrrole nitrogens is 2. The molecule has 0 amide bonds. The fraction of sp³-hybridized carbons (Fsp3) is 0.289. The third kappa shape index (κ3) is 5.79. The Labute approximate surface area is 315 Å². The molecule has 9 nitrogen and oxygen atoms in total. The zero-order valence-corrected chi connectivity index (χ0v) is 32.1. The molecule has 0 saturated carbocycles. The van der Waals surface area contributed by atoms with Gasteiger partial charge in [0.2, 0.25) is 5.70 Å². The number of aryl methyl sites for hydroxylation is 4. The molecule has 7 heterocycles. The van der Waals surface area contributed by atoms with Crippen molar-refractivity contribution in [2.24, 2.45) is 7.05 Å². The topological polar surface area (TPSA) is 108 Å². The summed E-state index contributed by atoms with van der Waals surface area (Å²) in [7, 11) is 3.43. The van der Waals surface area contributed by atoms with Gasteiger partial charge in [0.15, 0.2) is 30.6 Å². The molecule has 0 aromatic carbocycles. The summed E-state index contributed by atoms with van der Waals surface area (Å²) in [5.41, 5.74) is 17.0. The quantitative estimate of drug-likeness (QED) is 0.133. The Kier molecular flexibility index (Phi) is 8.75. The number of nitrogens with one attached hydrogen (secondary N) is 2. The lowest BCUT2D eigenvalue weighted by Crippen LogP contribution is -2.31. The van der Waals surface area contributed by atoms with E-state index in [2.05, 4.69) is 104 Å². The van der Waals surface area contributed by atoms with Crippen molar-refractivity contribution in [2.75, 3.05) is 7.11 Å². The molecule has 0 saturated heterocycles. The van der Waals surface area contributed by atoms with E-state index >= 15 is 0 Å². The van der Waals surface area contributed by atoms with Crippen molar-refractivity contribution < 1.29 is 23.5 Å². The van der Waals surface area contributed by atoms with Gasteiger partial charge in [-0.3, -0.25) is 14.6 Å². The van der Waals surface area contributed by atoms with Crippen LogP contribution in [0.1, 0.15) is 96.0 Å². The summed E-state index contributed by atoms with van der Waals surface area (Å²) in [5.74, 6) is -0.295. The second kappa shape index (κ2) is 13.5. The molecule has 0 fully saturated rings. The SMILES string of the molecule is C=C(c1c(C)c2cc3nc(c4c5nc(cc6[nH]c(cc1[nH]2)c(C)c6CC)C(C)=C5C(=O)C4)[C@@H](CCC(=O)OC)[C@@H]3C)[n+]1ccc(-c2cc[n+](C)cc2)cc1. The molecule has 2 atom stereocenters. The number of aromatic nitrogens is 6. The van der Waals surface area contributed by atoms with E-state index in [9.17, 15) is 9.59 Å². The zero-order valence-electron chi connectivity index (χ0n) is 32.1. The van der Waals surface area contributed by atoms with E-state index in [0.29, 0.717) is 12.0 Å². The summed E-state index contributed by atoms with van der Waals surface area (Å²) >= 11 is 0.